The Hall–Kier alpha value is -2.25. The van der Waals surface area contributed by atoms with E-state index in [2.05, 4.69) is 20.0 Å². The van der Waals surface area contributed by atoms with Gasteiger partial charge in [0, 0.05) is 56.1 Å². The minimum absolute atomic E-state index is 0.0745. The summed E-state index contributed by atoms with van der Waals surface area (Å²) < 4.78 is 0. The summed E-state index contributed by atoms with van der Waals surface area (Å²) in [6, 6.07) is 8.43. The molecule has 0 amide bonds. The Morgan fingerprint density at radius 2 is 2.08 bits per heavy atom. The zero-order chi connectivity index (χ0) is 16.9. The fourth-order valence-electron chi connectivity index (χ4n) is 2.86. The Bertz CT molecular complexity index is 713. The van der Waals surface area contributed by atoms with Crippen LogP contribution < -0.4 is 4.90 Å². The van der Waals surface area contributed by atoms with Gasteiger partial charge in [0.05, 0.1) is 4.92 Å². The van der Waals surface area contributed by atoms with Gasteiger partial charge >= 0.3 is 0 Å². The maximum Gasteiger partial charge on any atom is 0.269 e. The van der Waals surface area contributed by atoms with Crippen LogP contribution in [-0.4, -0.2) is 46.2 Å². The highest BCUT2D eigenvalue weighted by Gasteiger charge is 2.18. The number of non-ortho nitro benzene ring substituents is 1. The molecule has 0 spiro atoms. The first-order chi connectivity index (χ1) is 11.6. The van der Waals surface area contributed by atoms with E-state index in [1.54, 1.807) is 18.3 Å². The number of nitro groups is 1. The molecule has 1 aromatic carbocycles. The standard InChI is InChI=1S/C16H18ClN5O2/c17-15-5-4-14(22(23)24)11-13(15)12-20-7-2-8-21(10-9-20)16-3-1-6-18-19-16/h1,3-6,11H,2,7-10,12H2. The Balaban J connectivity index is 1.67. The van der Waals surface area contributed by atoms with Crippen molar-refractivity contribution in [3.05, 3.63) is 57.2 Å². The third-order valence-corrected chi connectivity index (χ3v) is 4.47. The molecule has 1 aromatic heterocycles. The third kappa shape index (κ3) is 3.98. The van der Waals surface area contributed by atoms with E-state index >= 15 is 0 Å². The number of nitrogens with zero attached hydrogens (tertiary/aromatic N) is 5. The number of anilines is 1. The highest BCUT2D eigenvalue weighted by atomic mass is 35.5. The van der Waals surface area contributed by atoms with E-state index in [1.165, 1.54) is 6.07 Å². The molecule has 7 nitrogen and oxygen atoms in total. The highest BCUT2D eigenvalue weighted by molar-refractivity contribution is 6.31. The van der Waals surface area contributed by atoms with Gasteiger partial charge in [-0.05, 0) is 30.2 Å². The summed E-state index contributed by atoms with van der Waals surface area (Å²) in [5.41, 5.74) is 0.865. The molecule has 8 heteroatoms. The van der Waals surface area contributed by atoms with Crippen molar-refractivity contribution in [3.8, 4) is 0 Å². The molecule has 1 aliphatic heterocycles. The predicted octanol–water partition coefficient (Wildman–Crippen LogP) is 2.75. The summed E-state index contributed by atoms with van der Waals surface area (Å²) in [4.78, 5) is 15.0. The zero-order valence-corrected chi connectivity index (χ0v) is 13.9. The highest BCUT2D eigenvalue weighted by Crippen LogP contribution is 2.24. The SMILES string of the molecule is O=[N+]([O-])c1ccc(Cl)c(CN2CCCN(c3cccnn3)CC2)c1. The van der Waals surface area contributed by atoms with Gasteiger partial charge in [0.1, 0.15) is 0 Å². The molecule has 0 saturated carbocycles. The molecule has 24 heavy (non-hydrogen) atoms. The van der Waals surface area contributed by atoms with Crippen LogP contribution in [0.1, 0.15) is 12.0 Å². The van der Waals surface area contributed by atoms with Gasteiger partial charge in [0.25, 0.3) is 5.69 Å². The molecule has 0 N–H and O–H groups in total. The maximum atomic E-state index is 10.9. The van der Waals surface area contributed by atoms with Crippen LogP contribution in [0, 0.1) is 10.1 Å². The number of rotatable bonds is 4. The fraction of sp³-hybridized carbons (Fsp3) is 0.375. The smallest absolute Gasteiger partial charge is 0.269 e. The number of benzene rings is 1. The Labute approximate surface area is 145 Å². The van der Waals surface area contributed by atoms with Crippen molar-refractivity contribution in [1.29, 1.82) is 0 Å². The van der Waals surface area contributed by atoms with Crippen LogP contribution in [0.25, 0.3) is 0 Å². The van der Waals surface area contributed by atoms with Gasteiger partial charge in [-0.3, -0.25) is 15.0 Å². The zero-order valence-electron chi connectivity index (χ0n) is 13.1. The van der Waals surface area contributed by atoms with Crippen molar-refractivity contribution < 1.29 is 4.92 Å². The molecule has 0 atom stereocenters. The molecule has 0 unspecified atom stereocenters. The molecule has 126 valence electrons. The van der Waals surface area contributed by atoms with Crippen LogP contribution in [0.5, 0.6) is 0 Å². The Kier molecular flexibility index (Phi) is 5.22. The van der Waals surface area contributed by atoms with Crippen LogP contribution in [0.15, 0.2) is 36.5 Å². The van der Waals surface area contributed by atoms with Gasteiger partial charge in [-0.2, -0.15) is 5.10 Å². The Morgan fingerprint density at radius 1 is 1.21 bits per heavy atom. The minimum Gasteiger partial charge on any atom is -0.354 e. The van der Waals surface area contributed by atoms with Crippen LogP contribution in [0.3, 0.4) is 0 Å². The van der Waals surface area contributed by atoms with E-state index in [1.807, 2.05) is 12.1 Å². The molecule has 0 radical (unpaired) electrons. The van der Waals surface area contributed by atoms with Crippen LogP contribution in [-0.2, 0) is 6.54 Å². The molecular formula is C16H18ClN5O2. The first-order valence-electron chi connectivity index (χ1n) is 7.81. The lowest BCUT2D eigenvalue weighted by atomic mass is 10.2. The van der Waals surface area contributed by atoms with Crippen molar-refractivity contribution in [3.63, 3.8) is 0 Å². The summed E-state index contributed by atoms with van der Waals surface area (Å²) in [5.74, 6) is 0.882. The van der Waals surface area contributed by atoms with Gasteiger partial charge in [0.2, 0.25) is 0 Å². The van der Waals surface area contributed by atoms with Crippen LogP contribution in [0.4, 0.5) is 11.5 Å². The van der Waals surface area contributed by atoms with Crippen molar-refractivity contribution >= 4 is 23.1 Å². The lowest BCUT2D eigenvalue weighted by molar-refractivity contribution is -0.384. The number of hydrogen-bond acceptors (Lipinski definition) is 6. The summed E-state index contributed by atoms with van der Waals surface area (Å²) in [5, 5.41) is 19.6. The molecule has 0 aliphatic carbocycles. The van der Waals surface area contributed by atoms with Crippen LogP contribution >= 0.6 is 11.6 Å². The predicted molar refractivity (Wildman–Crippen MR) is 92.2 cm³/mol. The second-order valence-corrected chi connectivity index (χ2v) is 6.14. The molecule has 2 heterocycles. The van der Waals surface area contributed by atoms with E-state index in [4.69, 9.17) is 11.6 Å². The second kappa shape index (κ2) is 7.55. The molecule has 3 rings (SSSR count). The minimum atomic E-state index is -0.391. The number of hydrogen-bond donors (Lipinski definition) is 0. The van der Waals surface area contributed by atoms with Crippen molar-refractivity contribution in [2.24, 2.45) is 0 Å². The van der Waals surface area contributed by atoms with Crippen molar-refractivity contribution in [2.75, 3.05) is 31.1 Å². The van der Waals surface area contributed by atoms with E-state index < -0.39 is 4.92 Å². The monoisotopic (exact) mass is 347 g/mol. The van der Waals surface area contributed by atoms with Gasteiger partial charge in [-0.25, -0.2) is 0 Å². The molecule has 0 bridgehead atoms. The second-order valence-electron chi connectivity index (χ2n) is 5.73. The van der Waals surface area contributed by atoms with E-state index in [0.29, 0.717) is 11.6 Å². The van der Waals surface area contributed by atoms with E-state index in [0.717, 1.165) is 44.0 Å². The summed E-state index contributed by atoms with van der Waals surface area (Å²) >= 11 is 6.21. The Morgan fingerprint density at radius 3 is 2.83 bits per heavy atom. The first kappa shape index (κ1) is 16.6. The fourth-order valence-corrected chi connectivity index (χ4v) is 3.03. The average molecular weight is 348 g/mol. The van der Waals surface area contributed by atoms with E-state index in [9.17, 15) is 10.1 Å². The lowest BCUT2D eigenvalue weighted by Crippen LogP contribution is -2.31. The summed E-state index contributed by atoms with van der Waals surface area (Å²) in [7, 11) is 0. The number of halogens is 1. The molecule has 1 fully saturated rings. The third-order valence-electron chi connectivity index (χ3n) is 4.10. The van der Waals surface area contributed by atoms with E-state index in [-0.39, 0.29) is 5.69 Å². The molecule has 2 aromatic rings. The molecular weight excluding hydrogens is 330 g/mol. The van der Waals surface area contributed by atoms with Crippen molar-refractivity contribution in [2.45, 2.75) is 13.0 Å². The quantitative estimate of drug-likeness (QED) is 0.625. The van der Waals surface area contributed by atoms with Gasteiger partial charge in [-0.15, -0.1) is 5.10 Å². The normalized spacial score (nSPS) is 16.0. The number of aromatic nitrogens is 2. The number of nitro benzene ring substituents is 1. The van der Waals surface area contributed by atoms with Gasteiger partial charge in [-0.1, -0.05) is 11.6 Å². The van der Waals surface area contributed by atoms with Crippen molar-refractivity contribution in [1.82, 2.24) is 15.1 Å². The lowest BCUT2D eigenvalue weighted by Gasteiger charge is -2.22. The molecule has 1 saturated heterocycles. The summed E-state index contributed by atoms with van der Waals surface area (Å²) in [6.45, 7) is 4.11. The summed E-state index contributed by atoms with van der Waals surface area (Å²) in [6.07, 6.45) is 2.65. The topological polar surface area (TPSA) is 75.4 Å². The van der Waals surface area contributed by atoms with Gasteiger partial charge < -0.3 is 4.90 Å². The maximum absolute atomic E-state index is 10.9. The van der Waals surface area contributed by atoms with Crippen LogP contribution in [0.2, 0.25) is 5.02 Å². The largest absolute Gasteiger partial charge is 0.354 e. The average Bonchev–Trinajstić information content (AvgIpc) is 2.83. The van der Waals surface area contributed by atoms with Gasteiger partial charge in [0.15, 0.2) is 5.82 Å². The first-order valence-corrected chi connectivity index (χ1v) is 8.19. The molecule has 1 aliphatic rings.